The van der Waals surface area contributed by atoms with E-state index < -0.39 is 0 Å². The van der Waals surface area contributed by atoms with Crippen LogP contribution in [-0.4, -0.2) is 15.3 Å². The molecule has 0 bridgehead atoms. The Bertz CT molecular complexity index is 842. The van der Waals surface area contributed by atoms with Crippen molar-refractivity contribution in [2.75, 3.05) is 5.32 Å². The minimum atomic E-state index is -0.319. The number of aromatic nitrogens is 2. The van der Waals surface area contributed by atoms with Gasteiger partial charge in [0, 0.05) is 17.4 Å². The van der Waals surface area contributed by atoms with Crippen LogP contribution in [0.15, 0.2) is 42.7 Å². The average Bonchev–Trinajstić information content (AvgIpc) is 2.85. The van der Waals surface area contributed by atoms with Crippen molar-refractivity contribution in [1.82, 2.24) is 9.38 Å². The highest BCUT2D eigenvalue weighted by atomic mass is 35.5. The van der Waals surface area contributed by atoms with Gasteiger partial charge in [-0.1, -0.05) is 23.2 Å². The van der Waals surface area contributed by atoms with Gasteiger partial charge in [0.2, 0.25) is 0 Å². The van der Waals surface area contributed by atoms with Crippen molar-refractivity contribution in [3.8, 4) is 0 Å². The second kappa shape index (κ2) is 5.39. The van der Waals surface area contributed by atoms with E-state index in [1.165, 1.54) is 0 Å². The summed E-state index contributed by atoms with van der Waals surface area (Å²) in [4.78, 5) is 16.5. The minimum absolute atomic E-state index is 0.319. The Morgan fingerprint density at radius 2 is 2.05 bits per heavy atom. The summed E-state index contributed by atoms with van der Waals surface area (Å²) in [6.07, 6.45) is 3.54. The lowest BCUT2D eigenvalue weighted by molar-refractivity contribution is 0.102. The predicted octanol–water partition coefficient (Wildman–Crippen LogP) is 4.20. The summed E-state index contributed by atoms with van der Waals surface area (Å²) in [6, 6.07) is 8.75. The van der Waals surface area contributed by atoms with Crippen molar-refractivity contribution in [1.29, 1.82) is 0 Å². The number of carbonyl (C=O) groups excluding carboxylic acids is 1. The van der Waals surface area contributed by atoms with E-state index in [1.54, 1.807) is 28.8 Å². The molecule has 0 aliphatic heterocycles. The molecule has 3 rings (SSSR count). The van der Waals surface area contributed by atoms with Gasteiger partial charge in [-0.05, 0) is 42.8 Å². The highest BCUT2D eigenvalue weighted by Crippen LogP contribution is 2.25. The molecule has 1 N–H and O–H groups in total. The molecule has 0 aliphatic rings. The summed E-state index contributed by atoms with van der Waals surface area (Å²) < 4.78 is 1.80. The zero-order valence-electron chi connectivity index (χ0n) is 11.1. The van der Waals surface area contributed by atoms with Crippen LogP contribution in [0.2, 0.25) is 10.0 Å². The maximum atomic E-state index is 12.2. The van der Waals surface area contributed by atoms with Gasteiger partial charge < -0.3 is 9.72 Å². The molecule has 0 radical (unpaired) electrons. The summed E-state index contributed by atoms with van der Waals surface area (Å²) in [5.41, 5.74) is 2.63. The van der Waals surface area contributed by atoms with Crippen LogP contribution in [0.25, 0.3) is 5.65 Å². The van der Waals surface area contributed by atoms with Gasteiger partial charge in [0.1, 0.15) is 11.3 Å². The molecule has 3 aromatic rings. The number of hydrogen-bond donors (Lipinski definition) is 1. The molecule has 0 unspecified atom stereocenters. The first kappa shape index (κ1) is 13.9. The van der Waals surface area contributed by atoms with Gasteiger partial charge in [0.25, 0.3) is 5.91 Å². The first-order chi connectivity index (χ1) is 10.0. The molecule has 2 heterocycles. The van der Waals surface area contributed by atoms with E-state index in [0.29, 0.717) is 21.4 Å². The number of amides is 1. The van der Waals surface area contributed by atoms with Crippen molar-refractivity contribution >= 4 is 40.4 Å². The molecule has 21 heavy (non-hydrogen) atoms. The fourth-order valence-electron chi connectivity index (χ4n) is 1.97. The first-order valence-electron chi connectivity index (χ1n) is 6.25. The Balaban J connectivity index is 1.89. The lowest BCUT2D eigenvalue weighted by Crippen LogP contribution is -2.12. The molecule has 0 aliphatic carbocycles. The number of fused-ring (bicyclic) bond motifs is 1. The van der Waals surface area contributed by atoms with Gasteiger partial charge in [0.15, 0.2) is 0 Å². The third-order valence-electron chi connectivity index (χ3n) is 3.03. The summed E-state index contributed by atoms with van der Waals surface area (Å²) in [5, 5.41) is 3.62. The van der Waals surface area contributed by atoms with Crippen LogP contribution >= 0.6 is 23.2 Å². The summed E-state index contributed by atoms with van der Waals surface area (Å²) in [5.74, 6) is -0.319. The van der Waals surface area contributed by atoms with E-state index in [9.17, 15) is 4.79 Å². The van der Waals surface area contributed by atoms with E-state index in [1.807, 2.05) is 25.3 Å². The van der Waals surface area contributed by atoms with Crippen molar-refractivity contribution in [2.24, 2.45) is 0 Å². The van der Waals surface area contributed by atoms with E-state index in [0.717, 1.165) is 11.2 Å². The second-order valence-electron chi connectivity index (χ2n) is 4.67. The second-order valence-corrected chi connectivity index (χ2v) is 5.52. The predicted molar refractivity (Wildman–Crippen MR) is 84.3 cm³/mol. The normalized spacial score (nSPS) is 10.8. The van der Waals surface area contributed by atoms with Crippen LogP contribution in [0.3, 0.4) is 0 Å². The van der Waals surface area contributed by atoms with Crippen molar-refractivity contribution < 1.29 is 4.79 Å². The van der Waals surface area contributed by atoms with Gasteiger partial charge in [-0.15, -0.1) is 0 Å². The maximum absolute atomic E-state index is 12.2. The molecule has 4 nitrogen and oxygen atoms in total. The largest absolute Gasteiger partial charge is 0.319 e. The van der Waals surface area contributed by atoms with Gasteiger partial charge in [-0.2, -0.15) is 0 Å². The standard InChI is InChI=1S/C15H11Cl2N3O/c1-9-4-5-20-8-13(18-14(20)6-9)15(21)19-12-3-2-10(16)7-11(12)17/h2-8H,1H3,(H,19,21). The van der Waals surface area contributed by atoms with E-state index in [4.69, 9.17) is 23.2 Å². The Kier molecular flexibility index (Phi) is 3.57. The molecular formula is C15H11Cl2N3O. The Morgan fingerprint density at radius 3 is 2.81 bits per heavy atom. The number of nitrogens with zero attached hydrogens (tertiary/aromatic N) is 2. The summed E-state index contributed by atoms with van der Waals surface area (Å²) in [7, 11) is 0. The maximum Gasteiger partial charge on any atom is 0.275 e. The van der Waals surface area contributed by atoms with Crippen LogP contribution in [0.5, 0.6) is 0 Å². The molecule has 1 amide bonds. The van der Waals surface area contributed by atoms with Gasteiger partial charge in [-0.25, -0.2) is 4.98 Å². The molecule has 1 aromatic carbocycles. The van der Waals surface area contributed by atoms with Gasteiger partial charge in [-0.3, -0.25) is 4.79 Å². The number of anilines is 1. The fraction of sp³-hybridized carbons (Fsp3) is 0.0667. The molecule has 106 valence electrons. The van der Waals surface area contributed by atoms with Gasteiger partial charge in [0.05, 0.1) is 10.7 Å². The highest BCUT2D eigenvalue weighted by molar-refractivity contribution is 6.36. The number of aryl methyl sites for hydroxylation is 1. The number of rotatable bonds is 2. The van der Waals surface area contributed by atoms with Crippen LogP contribution in [0.4, 0.5) is 5.69 Å². The van der Waals surface area contributed by atoms with Gasteiger partial charge >= 0.3 is 0 Å². The van der Waals surface area contributed by atoms with Crippen LogP contribution in [-0.2, 0) is 0 Å². The number of pyridine rings is 1. The number of benzene rings is 1. The number of carbonyl (C=O) groups is 1. The Hall–Kier alpha value is -2.04. The SMILES string of the molecule is Cc1ccn2cc(C(=O)Nc3ccc(Cl)cc3Cl)nc2c1. The molecule has 0 atom stereocenters. The van der Waals surface area contributed by atoms with E-state index in [2.05, 4.69) is 10.3 Å². The Labute approximate surface area is 131 Å². The quantitative estimate of drug-likeness (QED) is 0.769. The van der Waals surface area contributed by atoms with E-state index >= 15 is 0 Å². The molecule has 2 aromatic heterocycles. The zero-order chi connectivity index (χ0) is 15.0. The molecule has 0 fully saturated rings. The first-order valence-corrected chi connectivity index (χ1v) is 7.00. The fourth-order valence-corrected chi connectivity index (χ4v) is 2.43. The highest BCUT2D eigenvalue weighted by Gasteiger charge is 2.12. The minimum Gasteiger partial charge on any atom is -0.319 e. The average molecular weight is 320 g/mol. The van der Waals surface area contributed by atoms with Crippen molar-refractivity contribution in [3.63, 3.8) is 0 Å². The number of imidazole rings is 1. The van der Waals surface area contributed by atoms with Crippen LogP contribution in [0.1, 0.15) is 16.1 Å². The lowest BCUT2D eigenvalue weighted by atomic mass is 10.3. The number of halogens is 2. The van der Waals surface area contributed by atoms with E-state index in [-0.39, 0.29) is 5.91 Å². The Morgan fingerprint density at radius 1 is 1.24 bits per heavy atom. The lowest BCUT2D eigenvalue weighted by Gasteiger charge is -2.05. The smallest absolute Gasteiger partial charge is 0.275 e. The molecule has 0 saturated heterocycles. The van der Waals surface area contributed by atoms with Crippen molar-refractivity contribution in [3.05, 3.63) is 64.0 Å². The monoisotopic (exact) mass is 319 g/mol. The third-order valence-corrected chi connectivity index (χ3v) is 3.58. The molecular weight excluding hydrogens is 309 g/mol. The molecule has 6 heteroatoms. The third kappa shape index (κ3) is 2.86. The summed E-state index contributed by atoms with van der Waals surface area (Å²) >= 11 is 11.9. The molecule has 0 spiro atoms. The van der Waals surface area contributed by atoms with Crippen LogP contribution in [0, 0.1) is 6.92 Å². The number of hydrogen-bond acceptors (Lipinski definition) is 2. The topological polar surface area (TPSA) is 46.4 Å². The number of nitrogens with one attached hydrogen (secondary N) is 1. The summed E-state index contributed by atoms with van der Waals surface area (Å²) in [6.45, 7) is 1.97. The van der Waals surface area contributed by atoms with Crippen molar-refractivity contribution in [2.45, 2.75) is 6.92 Å². The molecule has 0 saturated carbocycles. The van der Waals surface area contributed by atoms with Crippen LogP contribution < -0.4 is 5.32 Å². The zero-order valence-corrected chi connectivity index (χ0v) is 12.6.